The van der Waals surface area contributed by atoms with E-state index in [4.69, 9.17) is 0 Å². The van der Waals surface area contributed by atoms with E-state index in [1.54, 1.807) is 6.07 Å². The molecule has 4 aromatic carbocycles. The molecule has 0 aliphatic carbocycles. The fraction of sp³-hybridized carbons (Fsp3) is 0.158. The first-order valence-electron chi connectivity index (χ1n) is 15.4. The zero-order valence-electron chi connectivity index (χ0n) is 25.3. The van der Waals surface area contributed by atoms with Crippen LogP contribution in [0, 0.1) is 11.3 Å². The maximum atomic E-state index is 11.4. The highest BCUT2D eigenvalue weighted by molar-refractivity contribution is 7.16. The normalized spacial score (nSPS) is 12.4. The van der Waals surface area contributed by atoms with Crippen LogP contribution in [-0.2, 0) is 24.4 Å². The summed E-state index contributed by atoms with van der Waals surface area (Å²) in [6.45, 7) is 9.25. The van der Waals surface area contributed by atoms with Gasteiger partial charge in [0.15, 0.2) is 0 Å². The first-order chi connectivity index (χ1) is 22.0. The zero-order chi connectivity index (χ0) is 31.0. The summed E-state index contributed by atoms with van der Waals surface area (Å²) in [4.78, 5) is 13.2. The Kier molecular flexibility index (Phi) is 6.12. The Hall–Kier alpha value is -5.32. The number of aromatic nitrogens is 3. The van der Waals surface area contributed by atoms with Gasteiger partial charge in [0, 0.05) is 78.3 Å². The number of thiophene rings is 1. The van der Waals surface area contributed by atoms with E-state index in [0.717, 1.165) is 35.0 Å². The minimum atomic E-state index is -1.22. The van der Waals surface area contributed by atoms with Crippen LogP contribution in [-0.4, -0.2) is 24.8 Å². The van der Waals surface area contributed by atoms with Gasteiger partial charge in [-0.25, -0.2) is 4.79 Å². The largest absolute Gasteiger partial charge is 0.477 e. The van der Waals surface area contributed by atoms with Crippen molar-refractivity contribution < 1.29 is 9.90 Å². The van der Waals surface area contributed by atoms with Gasteiger partial charge in [0.25, 0.3) is 0 Å². The van der Waals surface area contributed by atoms with Crippen molar-refractivity contribution in [3.63, 3.8) is 0 Å². The lowest BCUT2D eigenvalue weighted by Crippen LogP contribution is -1.98. The molecule has 4 heterocycles. The summed E-state index contributed by atoms with van der Waals surface area (Å²) in [6.07, 6.45) is 1.45. The SMILES string of the molecule is CCn1c2ccccc2c2c1c1c3ccccc3n(CC)c1c1c3cc(-c4ccc(/C=C(\C#N)C(=O)O)s4)ccc3n(CC)c21. The van der Waals surface area contributed by atoms with Crippen LogP contribution >= 0.6 is 11.3 Å². The molecule has 0 bridgehead atoms. The van der Waals surface area contributed by atoms with Gasteiger partial charge >= 0.3 is 5.97 Å². The second-order valence-electron chi connectivity index (χ2n) is 11.3. The molecule has 0 saturated carbocycles. The number of para-hydroxylation sites is 2. The summed E-state index contributed by atoms with van der Waals surface area (Å²) < 4.78 is 7.46. The summed E-state index contributed by atoms with van der Waals surface area (Å²) in [5.74, 6) is -1.22. The number of benzene rings is 4. The molecular weight excluding hydrogens is 577 g/mol. The monoisotopic (exact) mass is 606 g/mol. The van der Waals surface area contributed by atoms with E-state index in [1.807, 2.05) is 12.1 Å². The van der Waals surface area contributed by atoms with Gasteiger partial charge in [0.1, 0.15) is 11.6 Å². The lowest BCUT2D eigenvalue weighted by molar-refractivity contribution is -0.132. The summed E-state index contributed by atoms with van der Waals surface area (Å²) >= 11 is 1.49. The predicted molar refractivity (Wildman–Crippen MR) is 187 cm³/mol. The lowest BCUT2D eigenvalue weighted by atomic mass is 10.0. The van der Waals surface area contributed by atoms with Gasteiger partial charge in [-0.2, -0.15) is 5.26 Å². The fourth-order valence-electron chi connectivity index (χ4n) is 7.47. The number of nitriles is 1. The average Bonchev–Trinajstić information content (AvgIpc) is 3.82. The predicted octanol–water partition coefficient (Wildman–Crippen LogP) is 9.79. The molecule has 0 amide bonds. The number of fused-ring (bicyclic) bond motifs is 12. The second kappa shape index (κ2) is 10.1. The molecule has 6 nitrogen and oxygen atoms in total. The number of carboxylic acid groups (broad SMARTS) is 1. The van der Waals surface area contributed by atoms with E-state index >= 15 is 0 Å². The number of hydrogen-bond donors (Lipinski definition) is 1. The summed E-state index contributed by atoms with van der Waals surface area (Å²) in [6, 6.07) is 30.0. The molecule has 0 saturated heterocycles. The van der Waals surface area contributed by atoms with Gasteiger partial charge < -0.3 is 18.8 Å². The minimum Gasteiger partial charge on any atom is -0.477 e. The van der Waals surface area contributed by atoms with Crippen LogP contribution in [0.25, 0.3) is 81.9 Å². The molecular formula is C38H30N4O2S. The summed E-state index contributed by atoms with van der Waals surface area (Å²) in [5, 5.41) is 26.2. The van der Waals surface area contributed by atoms with Crippen molar-refractivity contribution in [1.82, 2.24) is 13.7 Å². The van der Waals surface area contributed by atoms with Crippen molar-refractivity contribution in [3.8, 4) is 16.5 Å². The molecule has 8 rings (SSSR count). The van der Waals surface area contributed by atoms with Gasteiger partial charge in [0.2, 0.25) is 0 Å². The Bertz CT molecular complexity index is 2560. The highest BCUT2D eigenvalue weighted by Gasteiger charge is 2.26. The number of rotatable bonds is 6. The van der Waals surface area contributed by atoms with Crippen molar-refractivity contribution in [2.45, 2.75) is 40.4 Å². The fourth-order valence-corrected chi connectivity index (χ4v) is 8.42. The van der Waals surface area contributed by atoms with Crippen LogP contribution in [0.5, 0.6) is 0 Å². The van der Waals surface area contributed by atoms with Crippen molar-refractivity contribution >= 4 is 88.8 Å². The molecule has 4 aromatic heterocycles. The molecule has 0 aliphatic rings. The van der Waals surface area contributed by atoms with Crippen LogP contribution in [0.2, 0.25) is 0 Å². The first kappa shape index (κ1) is 27.2. The molecule has 45 heavy (non-hydrogen) atoms. The van der Waals surface area contributed by atoms with Crippen LogP contribution < -0.4 is 0 Å². The molecule has 8 aromatic rings. The smallest absolute Gasteiger partial charge is 0.346 e. The van der Waals surface area contributed by atoms with Gasteiger partial charge in [-0.1, -0.05) is 42.5 Å². The van der Waals surface area contributed by atoms with Gasteiger partial charge in [-0.05, 0) is 68.8 Å². The third kappa shape index (κ3) is 3.69. The lowest BCUT2D eigenvalue weighted by Gasteiger charge is -2.10. The first-order valence-corrected chi connectivity index (χ1v) is 16.2. The molecule has 0 radical (unpaired) electrons. The minimum absolute atomic E-state index is 0.269. The Morgan fingerprint density at radius 1 is 0.733 bits per heavy atom. The van der Waals surface area contributed by atoms with Crippen LogP contribution in [0.3, 0.4) is 0 Å². The molecule has 0 unspecified atom stereocenters. The molecule has 0 fully saturated rings. The average molecular weight is 607 g/mol. The molecule has 0 atom stereocenters. The van der Waals surface area contributed by atoms with Crippen molar-refractivity contribution in [1.29, 1.82) is 5.26 Å². The van der Waals surface area contributed by atoms with Crippen molar-refractivity contribution in [2.24, 2.45) is 0 Å². The van der Waals surface area contributed by atoms with Gasteiger partial charge in [0.05, 0.1) is 16.6 Å². The van der Waals surface area contributed by atoms with E-state index in [0.29, 0.717) is 0 Å². The summed E-state index contributed by atoms with van der Waals surface area (Å²) in [5.41, 5.74) is 8.32. The molecule has 220 valence electrons. The van der Waals surface area contributed by atoms with Crippen LogP contribution in [0.4, 0.5) is 0 Å². The maximum absolute atomic E-state index is 11.4. The molecule has 1 N–H and O–H groups in total. The zero-order valence-corrected chi connectivity index (χ0v) is 26.1. The Labute approximate surface area is 263 Å². The van der Waals surface area contributed by atoms with Gasteiger partial charge in [-0.3, -0.25) is 0 Å². The maximum Gasteiger partial charge on any atom is 0.346 e. The second-order valence-corrected chi connectivity index (χ2v) is 12.5. The number of nitrogens with zero attached hydrogens (tertiary/aromatic N) is 4. The third-order valence-electron chi connectivity index (χ3n) is 9.21. The molecule has 7 heteroatoms. The van der Waals surface area contributed by atoms with E-state index in [2.05, 4.69) is 101 Å². The van der Waals surface area contributed by atoms with Crippen molar-refractivity contribution in [2.75, 3.05) is 0 Å². The van der Waals surface area contributed by atoms with Crippen molar-refractivity contribution in [3.05, 3.63) is 89.3 Å². The Balaban J connectivity index is 1.57. The number of carboxylic acids is 1. The van der Waals surface area contributed by atoms with Crippen LogP contribution in [0.1, 0.15) is 25.6 Å². The topological polar surface area (TPSA) is 75.9 Å². The third-order valence-corrected chi connectivity index (χ3v) is 10.3. The standard InChI is InChI=1S/C38H30N4O2S/c1-4-40-28-13-9-7-11-25(28)33-35(40)32-26-12-8-10-14-29(26)41(5-2)36(32)34-27-20-22(15-17-30(27)42(6-3)37(33)34)31-18-16-24(45-31)19-23(21-39)38(43)44/h7-20H,4-6H2,1-3H3,(H,43,44)/b23-19+. The molecule has 0 aliphatic heterocycles. The van der Waals surface area contributed by atoms with E-state index in [1.165, 1.54) is 82.8 Å². The number of carbonyl (C=O) groups is 1. The Morgan fingerprint density at radius 3 is 1.76 bits per heavy atom. The number of aryl methyl sites for hydroxylation is 3. The summed E-state index contributed by atoms with van der Waals surface area (Å²) in [7, 11) is 0. The van der Waals surface area contributed by atoms with Crippen LogP contribution in [0.15, 0.2) is 84.4 Å². The number of aliphatic carboxylic acids is 1. The van der Waals surface area contributed by atoms with E-state index in [9.17, 15) is 15.2 Å². The Morgan fingerprint density at radius 2 is 1.24 bits per heavy atom. The van der Waals surface area contributed by atoms with E-state index < -0.39 is 5.97 Å². The quantitative estimate of drug-likeness (QED) is 0.151. The molecule has 0 spiro atoms. The number of hydrogen-bond acceptors (Lipinski definition) is 3. The van der Waals surface area contributed by atoms with Gasteiger partial charge in [-0.15, -0.1) is 11.3 Å². The van der Waals surface area contributed by atoms with E-state index in [-0.39, 0.29) is 5.57 Å². The highest BCUT2D eigenvalue weighted by atomic mass is 32.1. The highest BCUT2D eigenvalue weighted by Crippen LogP contribution is 2.48.